The Morgan fingerprint density at radius 3 is 2.38 bits per heavy atom. The molecule has 1 saturated carbocycles. The predicted molar refractivity (Wildman–Crippen MR) is 116 cm³/mol. The molecule has 0 spiro atoms. The summed E-state index contributed by atoms with van der Waals surface area (Å²) in [4.78, 5) is 13.9. The third kappa shape index (κ3) is 4.89. The van der Waals surface area contributed by atoms with Gasteiger partial charge in [-0.05, 0) is 42.5 Å². The Balaban J connectivity index is 1.93. The molecule has 0 N–H and O–H groups in total. The lowest BCUT2D eigenvalue weighted by molar-refractivity contribution is -0.121. The Labute approximate surface area is 163 Å². The second kappa shape index (κ2) is 8.14. The number of carbonyl (C=O) groups excluding carboxylic acids is 1. The molecule has 0 aromatic heterocycles. The van der Waals surface area contributed by atoms with Gasteiger partial charge in [-0.1, -0.05) is 67.7 Å². The van der Waals surface area contributed by atoms with Crippen molar-refractivity contribution in [2.24, 2.45) is 5.92 Å². The molecule has 1 aliphatic rings. The van der Waals surface area contributed by atoms with E-state index in [1.54, 1.807) is 0 Å². The molecule has 1 fully saturated rings. The summed E-state index contributed by atoms with van der Waals surface area (Å²) in [6.45, 7) is 9.41. The van der Waals surface area contributed by atoms with Gasteiger partial charge in [0.15, 0.2) is 0 Å². The first-order valence-corrected chi connectivity index (χ1v) is 14.1. The molecule has 1 aliphatic carbocycles. The van der Waals surface area contributed by atoms with Gasteiger partial charge in [0, 0.05) is 31.1 Å². The van der Waals surface area contributed by atoms with Crippen molar-refractivity contribution >= 4 is 25.6 Å². The van der Waals surface area contributed by atoms with E-state index in [9.17, 15) is 4.79 Å². The highest BCUT2D eigenvalue weighted by Gasteiger charge is 2.39. The number of Topliss-reactive ketones (excluding diaryl/α,β-unsaturated/α-hetero) is 1. The topological polar surface area (TPSA) is 17.1 Å². The van der Waals surface area contributed by atoms with E-state index in [0.717, 1.165) is 12.8 Å². The molecule has 3 heteroatoms. The largest absolute Gasteiger partial charge is 0.300 e. The van der Waals surface area contributed by atoms with E-state index < -0.39 is 8.07 Å². The summed E-state index contributed by atoms with van der Waals surface area (Å²) in [6, 6.07) is 19.5. The van der Waals surface area contributed by atoms with Gasteiger partial charge in [-0.2, -0.15) is 0 Å². The average Bonchev–Trinajstić information content (AvgIpc) is 2.59. The van der Waals surface area contributed by atoms with Crippen LogP contribution in [0, 0.1) is 12.8 Å². The molecular weight excluding hydrogens is 352 g/mol. The van der Waals surface area contributed by atoms with Crippen molar-refractivity contribution in [2.45, 2.75) is 61.5 Å². The Morgan fingerprint density at radius 1 is 1.00 bits per heavy atom. The van der Waals surface area contributed by atoms with E-state index in [-0.39, 0.29) is 0 Å². The van der Waals surface area contributed by atoms with Crippen molar-refractivity contribution in [1.82, 2.24) is 0 Å². The maximum absolute atomic E-state index is 12.6. The van der Waals surface area contributed by atoms with E-state index in [1.165, 1.54) is 22.4 Å². The van der Waals surface area contributed by atoms with Crippen molar-refractivity contribution < 1.29 is 4.79 Å². The summed E-state index contributed by atoms with van der Waals surface area (Å²) < 4.78 is 0. The summed E-state index contributed by atoms with van der Waals surface area (Å²) in [6.07, 6.45) is 2.74. The number of hydrogen-bond acceptors (Lipinski definition) is 2. The standard InChI is InChI=1S/C23H30OSSi/c1-17-9-8-10-18(13-17)23(25-21-11-6-5-7-12-21)19-14-20(24)16-22(15-19)26(2,3)4/h5-13,19,22-23H,14-16H2,1-4H3. The summed E-state index contributed by atoms with van der Waals surface area (Å²) >= 11 is 1.93. The summed E-state index contributed by atoms with van der Waals surface area (Å²) in [5.74, 6) is 0.903. The average molecular weight is 383 g/mol. The Bertz CT molecular complexity index is 750. The van der Waals surface area contributed by atoms with E-state index in [0.29, 0.717) is 22.5 Å². The molecule has 0 aliphatic heterocycles. The maximum Gasteiger partial charge on any atom is 0.133 e. The molecule has 3 rings (SSSR count). The molecule has 0 amide bonds. The van der Waals surface area contributed by atoms with Gasteiger partial charge in [0.05, 0.1) is 0 Å². The molecule has 0 saturated heterocycles. The van der Waals surface area contributed by atoms with Gasteiger partial charge in [0.1, 0.15) is 5.78 Å². The van der Waals surface area contributed by atoms with Gasteiger partial charge in [0.2, 0.25) is 0 Å². The van der Waals surface area contributed by atoms with Crippen LogP contribution in [0.3, 0.4) is 0 Å². The lowest BCUT2D eigenvalue weighted by atomic mass is 9.83. The van der Waals surface area contributed by atoms with Crippen molar-refractivity contribution in [1.29, 1.82) is 0 Å². The summed E-state index contributed by atoms with van der Waals surface area (Å²) in [7, 11) is -1.32. The molecule has 1 nitrogen and oxygen atoms in total. The molecule has 3 atom stereocenters. The molecule has 0 bridgehead atoms. The number of aryl methyl sites for hydroxylation is 1. The number of hydrogen-bond donors (Lipinski definition) is 0. The Kier molecular flexibility index (Phi) is 6.09. The molecule has 2 aromatic rings. The number of carbonyl (C=O) groups is 1. The minimum atomic E-state index is -1.32. The highest BCUT2D eigenvalue weighted by Crippen LogP contribution is 2.49. The van der Waals surface area contributed by atoms with Crippen LogP contribution in [-0.4, -0.2) is 13.9 Å². The zero-order chi connectivity index (χ0) is 18.7. The van der Waals surface area contributed by atoms with E-state index in [2.05, 4.69) is 81.2 Å². The molecule has 138 valence electrons. The van der Waals surface area contributed by atoms with Crippen LogP contribution in [0.4, 0.5) is 0 Å². The van der Waals surface area contributed by atoms with Gasteiger partial charge in [-0.15, -0.1) is 11.8 Å². The molecule has 3 unspecified atom stereocenters. The second-order valence-electron chi connectivity index (χ2n) is 8.77. The van der Waals surface area contributed by atoms with Gasteiger partial charge >= 0.3 is 0 Å². The van der Waals surface area contributed by atoms with E-state index in [4.69, 9.17) is 0 Å². The fraction of sp³-hybridized carbons (Fsp3) is 0.435. The SMILES string of the molecule is Cc1cccc(C(Sc2ccccc2)C2CC(=O)CC([Si](C)(C)C)C2)c1. The normalized spacial score (nSPS) is 22.2. The highest BCUT2D eigenvalue weighted by molar-refractivity contribution is 7.99. The summed E-state index contributed by atoms with van der Waals surface area (Å²) in [5.41, 5.74) is 3.27. The molecular formula is C23H30OSSi. The van der Waals surface area contributed by atoms with Crippen LogP contribution in [0.5, 0.6) is 0 Å². The second-order valence-corrected chi connectivity index (χ2v) is 15.5. The Hall–Kier alpha value is -1.32. The maximum atomic E-state index is 12.6. The smallest absolute Gasteiger partial charge is 0.133 e. The third-order valence-corrected chi connectivity index (χ3v) is 9.93. The lowest BCUT2D eigenvalue weighted by Crippen LogP contribution is -2.36. The fourth-order valence-electron chi connectivity index (χ4n) is 4.00. The first-order valence-electron chi connectivity index (χ1n) is 9.63. The fourth-order valence-corrected chi connectivity index (χ4v) is 7.14. The Morgan fingerprint density at radius 2 is 1.73 bits per heavy atom. The first kappa shape index (κ1) is 19.4. The van der Waals surface area contributed by atoms with Crippen molar-refractivity contribution in [2.75, 3.05) is 0 Å². The van der Waals surface area contributed by atoms with Crippen molar-refractivity contribution in [3.8, 4) is 0 Å². The quantitative estimate of drug-likeness (QED) is 0.413. The lowest BCUT2D eigenvalue weighted by Gasteiger charge is -2.39. The number of rotatable bonds is 5. The number of benzene rings is 2. The van der Waals surface area contributed by atoms with Crippen molar-refractivity contribution in [3.05, 3.63) is 65.7 Å². The minimum absolute atomic E-state index is 0.348. The molecule has 0 radical (unpaired) electrons. The minimum Gasteiger partial charge on any atom is -0.300 e. The zero-order valence-corrected chi connectivity index (χ0v) is 18.2. The zero-order valence-electron chi connectivity index (χ0n) is 16.4. The summed E-state index contributed by atoms with van der Waals surface area (Å²) in [5, 5.41) is 0.348. The van der Waals surface area contributed by atoms with Crippen LogP contribution in [0.15, 0.2) is 59.5 Å². The van der Waals surface area contributed by atoms with Crippen LogP contribution in [-0.2, 0) is 4.79 Å². The molecule has 26 heavy (non-hydrogen) atoms. The van der Waals surface area contributed by atoms with Gasteiger partial charge in [-0.3, -0.25) is 4.79 Å². The van der Waals surface area contributed by atoms with Crippen molar-refractivity contribution in [3.63, 3.8) is 0 Å². The van der Waals surface area contributed by atoms with Gasteiger partial charge in [0.25, 0.3) is 0 Å². The van der Waals surface area contributed by atoms with E-state index >= 15 is 0 Å². The number of ketones is 1. The number of thioether (sulfide) groups is 1. The monoisotopic (exact) mass is 382 g/mol. The van der Waals surface area contributed by atoms with Gasteiger partial charge in [-0.25, -0.2) is 0 Å². The predicted octanol–water partition coefficient (Wildman–Crippen LogP) is 6.91. The van der Waals surface area contributed by atoms with Crippen LogP contribution >= 0.6 is 11.8 Å². The molecule has 2 aromatic carbocycles. The van der Waals surface area contributed by atoms with E-state index in [1.807, 2.05) is 11.8 Å². The molecule has 0 heterocycles. The van der Waals surface area contributed by atoms with Crippen LogP contribution in [0.25, 0.3) is 0 Å². The van der Waals surface area contributed by atoms with Crippen LogP contribution in [0.2, 0.25) is 25.2 Å². The third-order valence-electron chi connectivity index (χ3n) is 5.58. The van der Waals surface area contributed by atoms with Crippen LogP contribution in [0.1, 0.15) is 35.6 Å². The first-order chi connectivity index (χ1) is 12.3. The van der Waals surface area contributed by atoms with Crippen LogP contribution < -0.4 is 0 Å². The highest BCUT2D eigenvalue weighted by atomic mass is 32.2. The van der Waals surface area contributed by atoms with Gasteiger partial charge < -0.3 is 0 Å².